The minimum atomic E-state index is -3.63. The lowest BCUT2D eigenvalue weighted by atomic mass is 10.0. The largest absolute Gasteiger partial charge is 0.389 e. The van der Waals surface area contributed by atoms with Gasteiger partial charge in [-0.2, -0.15) is 5.26 Å². The van der Waals surface area contributed by atoms with Crippen molar-refractivity contribution in [3.05, 3.63) is 33.9 Å². The number of benzene rings is 1. The number of hydrogen-bond donors (Lipinski definition) is 2. The number of aliphatic hydroxyl groups is 2. The average Bonchev–Trinajstić information content (AvgIpc) is 2.36. The van der Waals surface area contributed by atoms with Gasteiger partial charge in [0.1, 0.15) is 6.10 Å². The predicted octanol–water partition coefficient (Wildman–Crippen LogP) is 0.306. The summed E-state index contributed by atoms with van der Waals surface area (Å²) in [6.45, 7) is 0. The fourth-order valence-electron chi connectivity index (χ4n) is 1.57. The molecule has 2 unspecified atom stereocenters. The van der Waals surface area contributed by atoms with E-state index >= 15 is 0 Å². The minimum Gasteiger partial charge on any atom is -0.389 e. The van der Waals surface area contributed by atoms with Crippen molar-refractivity contribution < 1.29 is 23.6 Å². The molecule has 0 saturated carbocycles. The number of aliphatic hydroxyl groups excluding tert-OH is 2. The van der Waals surface area contributed by atoms with Crippen molar-refractivity contribution in [2.24, 2.45) is 0 Å². The highest BCUT2D eigenvalue weighted by atomic mass is 32.2. The number of nitro benzene ring substituents is 1. The Morgan fingerprint density at radius 3 is 2.50 bits per heavy atom. The van der Waals surface area contributed by atoms with E-state index in [1.54, 1.807) is 6.07 Å². The van der Waals surface area contributed by atoms with Crippen molar-refractivity contribution in [3.63, 3.8) is 0 Å². The molecule has 0 aliphatic carbocycles. The first-order chi connectivity index (χ1) is 9.18. The van der Waals surface area contributed by atoms with Gasteiger partial charge in [0.25, 0.3) is 5.69 Å². The molecule has 2 N–H and O–H groups in total. The van der Waals surface area contributed by atoms with Crippen LogP contribution in [0.25, 0.3) is 0 Å². The zero-order valence-electron chi connectivity index (χ0n) is 10.4. The highest BCUT2D eigenvalue weighted by Crippen LogP contribution is 2.30. The summed E-state index contributed by atoms with van der Waals surface area (Å²) in [6, 6.07) is 4.59. The summed E-state index contributed by atoms with van der Waals surface area (Å²) in [5.74, 6) is 0. The smallest absolute Gasteiger partial charge is 0.276 e. The zero-order chi connectivity index (χ0) is 15.5. The molecule has 0 heterocycles. The maximum atomic E-state index is 11.3. The average molecular weight is 300 g/mol. The monoisotopic (exact) mass is 300 g/mol. The van der Waals surface area contributed by atoms with Crippen LogP contribution in [0, 0.1) is 21.4 Å². The molecule has 1 aromatic rings. The van der Waals surface area contributed by atoms with Crippen LogP contribution in [0.2, 0.25) is 0 Å². The van der Waals surface area contributed by atoms with Gasteiger partial charge in [-0.05, 0) is 12.1 Å². The Morgan fingerprint density at radius 1 is 1.45 bits per heavy atom. The molecule has 9 heteroatoms. The van der Waals surface area contributed by atoms with Crippen LogP contribution in [-0.4, -0.2) is 35.9 Å². The Balaban J connectivity index is 3.35. The Morgan fingerprint density at radius 2 is 2.05 bits per heavy atom. The van der Waals surface area contributed by atoms with E-state index in [1.165, 1.54) is 0 Å². The summed E-state index contributed by atoms with van der Waals surface area (Å²) in [5.41, 5.74) is -0.873. The molecule has 0 amide bonds. The molecule has 0 spiro atoms. The van der Waals surface area contributed by atoms with Crippen LogP contribution < -0.4 is 0 Å². The Bertz CT molecular complexity index is 664. The van der Waals surface area contributed by atoms with Crippen molar-refractivity contribution in [3.8, 4) is 6.07 Å². The van der Waals surface area contributed by atoms with Crippen molar-refractivity contribution in [2.75, 3.05) is 6.26 Å². The van der Waals surface area contributed by atoms with Crippen molar-refractivity contribution >= 4 is 15.5 Å². The maximum Gasteiger partial charge on any atom is 0.276 e. The molecule has 2 atom stereocenters. The lowest BCUT2D eigenvalue weighted by Gasteiger charge is -2.15. The van der Waals surface area contributed by atoms with Crippen LogP contribution >= 0.6 is 0 Å². The third-order valence-corrected chi connectivity index (χ3v) is 3.72. The molecule has 20 heavy (non-hydrogen) atoms. The third-order valence-electron chi connectivity index (χ3n) is 2.61. The van der Waals surface area contributed by atoms with E-state index < -0.39 is 39.1 Å². The fourth-order valence-corrected chi connectivity index (χ4v) is 2.22. The second-order valence-corrected chi connectivity index (χ2v) is 6.14. The molecule has 108 valence electrons. The van der Waals surface area contributed by atoms with Crippen molar-refractivity contribution in [2.45, 2.75) is 23.5 Å². The molecular weight excluding hydrogens is 288 g/mol. The first-order valence-corrected chi connectivity index (χ1v) is 7.29. The van der Waals surface area contributed by atoms with E-state index in [9.17, 15) is 28.7 Å². The molecule has 0 radical (unpaired) electrons. The molecular formula is C11H12N2O6S. The summed E-state index contributed by atoms with van der Waals surface area (Å²) in [7, 11) is -3.63. The molecule has 1 rings (SSSR count). The molecule has 8 nitrogen and oxygen atoms in total. The van der Waals surface area contributed by atoms with E-state index in [-0.39, 0.29) is 10.5 Å². The number of nitrogens with zero attached hydrogens (tertiary/aromatic N) is 2. The number of hydrogen-bond acceptors (Lipinski definition) is 7. The Hall–Kier alpha value is -2.02. The minimum absolute atomic E-state index is 0.245. The van der Waals surface area contributed by atoms with E-state index in [1.807, 2.05) is 0 Å². The van der Waals surface area contributed by atoms with Gasteiger partial charge in [-0.15, -0.1) is 0 Å². The summed E-state index contributed by atoms with van der Waals surface area (Å²) >= 11 is 0. The molecule has 0 bridgehead atoms. The predicted molar refractivity (Wildman–Crippen MR) is 67.4 cm³/mol. The van der Waals surface area contributed by atoms with Crippen molar-refractivity contribution in [1.82, 2.24) is 0 Å². The fraction of sp³-hybridized carbons (Fsp3) is 0.364. The van der Waals surface area contributed by atoms with Crippen LogP contribution in [0.15, 0.2) is 23.1 Å². The second kappa shape index (κ2) is 5.96. The van der Waals surface area contributed by atoms with Gasteiger partial charge in [0, 0.05) is 12.3 Å². The number of sulfone groups is 1. The topological polar surface area (TPSA) is 142 Å². The van der Waals surface area contributed by atoms with Gasteiger partial charge >= 0.3 is 0 Å². The van der Waals surface area contributed by atoms with Crippen molar-refractivity contribution in [1.29, 1.82) is 5.26 Å². The van der Waals surface area contributed by atoms with E-state index in [2.05, 4.69) is 0 Å². The van der Waals surface area contributed by atoms with Gasteiger partial charge < -0.3 is 10.2 Å². The lowest BCUT2D eigenvalue weighted by Crippen LogP contribution is -2.18. The Kier molecular flexibility index (Phi) is 4.78. The van der Waals surface area contributed by atoms with Gasteiger partial charge in [0.05, 0.1) is 34.0 Å². The Labute approximate surface area is 115 Å². The van der Waals surface area contributed by atoms with Gasteiger partial charge in [-0.25, -0.2) is 8.42 Å². The highest BCUT2D eigenvalue weighted by Gasteiger charge is 2.27. The van der Waals surface area contributed by atoms with Gasteiger partial charge in [-0.1, -0.05) is 0 Å². The molecule has 0 aliphatic heterocycles. The van der Waals surface area contributed by atoms with E-state index in [4.69, 9.17) is 5.26 Å². The summed E-state index contributed by atoms with van der Waals surface area (Å²) in [4.78, 5) is 9.82. The quantitative estimate of drug-likeness (QED) is 0.588. The van der Waals surface area contributed by atoms with Crippen LogP contribution in [0.5, 0.6) is 0 Å². The first kappa shape index (κ1) is 16.0. The van der Waals surface area contributed by atoms with Crippen LogP contribution in [-0.2, 0) is 9.84 Å². The zero-order valence-corrected chi connectivity index (χ0v) is 11.2. The first-order valence-electron chi connectivity index (χ1n) is 5.40. The summed E-state index contributed by atoms with van der Waals surface area (Å²) < 4.78 is 22.7. The van der Waals surface area contributed by atoms with Gasteiger partial charge in [-0.3, -0.25) is 10.1 Å². The molecule has 0 saturated heterocycles. The number of nitriles is 1. The summed E-state index contributed by atoms with van der Waals surface area (Å²) in [6.07, 6.45) is -2.66. The standard InChI is InChI=1S/C11H12N2O6S/c1-20(18,19)7-2-3-8(9(6-7)13(16)17)11(15)10(14)4-5-12/h2-3,6,10-11,14-15H,4H2,1H3. The highest BCUT2D eigenvalue weighted by molar-refractivity contribution is 7.90. The van der Waals surface area contributed by atoms with Gasteiger partial charge in [0.15, 0.2) is 9.84 Å². The summed E-state index contributed by atoms with van der Waals surface area (Å²) in [5, 5.41) is 38.6. The second-order valence-electron chi connectivity index (χ2n) is 4.12. The van der Waals surface area contributed by atoms with E-state index in [0.29, 0.717) is 0 Å². The van der Waals surface area contributed by atoms with Gasteiger partial charge in [0.2, 0.25) is 0 Å². The normalized spacial score (nSPS) is 14.3. The van der Waals surface area contributed by atoms with Crippen LogP contribution in [0.1, 0.15) is 18.1 Å². The number of nitro groups is 1. The van der Waals surface area contributed by atoms with Crippen LogP contribution in [0.3, 0.4) is 0 Å². The van der Waals surface area contributed by atoms with Crippen LogP contribution in [0.4, 0.5) is 5.69 Å². The number of rotatable bonds is 5. The molecule has 0 fully saturated rings. The maximum absolute atomic E-state index is 11.3. The molecule has 1 aromatic carbocycles. The third kappa shape index (κ3) is 3.51. The lowest BCUT2D eigenvalue weighted by molar-refractivity contribution is -0.386. The molecule has 0 aromatic heterocycles. The molecule has 0 aliphatic rings. The van der Waals surface area contributed by atoms with E-state index in [0.717, 1.165) is 24.5 Å². The SMILES string of the molecule is CS(=O)(=O)c1ccc(C(O)C(O)CC#N)c([N+](=O)[O-])c1.